The fourth-order valence-electron chi connectivity index (χ4n) is 3.29. The van der Waals surface area contributed by atoms with E-state index >= 15 is 0 Å². The van der Waals surface area contributed by atoms with Gasteiger partial charge in [0.1, 0.15) is 0 Å². The molecule has 3 rings (SSSR count). The number of rotatable bonds is 8. The van der Waals surface area contributed by atoms with Crippen LogP contribution in [0, 0.1) is 0 Å². The molecule has 3 aromatic rings. The highest BCUT2D eigenvalue weighted by Crippen LogP contribution is 2.33. The average Bonchev–Trinajstić information content (AvgIpc) is 3.23. The Bertz CT molecular complexity index is 1460. The highest BCUT2D eigenvalue weighted by Gasteiger charge is 2.39. The van der Waals surface area contributed by atoms with Crippen LogP contribution in [0.2, 0.25) is 0 Å². The summed E-state index contributed by atoms with van der Waals surface area (Å²) < 4.78 is 129. The maximum Gasteiger partial charge on any atom is 0.416 e. The number of nitrogens with one attached hydrogen (secondary N) is 1. The van der Waals surface area contributed by atoms with Gasteiger partial charge in [0.25, 0.3) is 0 Å². The van der Waals surface area contributed by atoms with Crippen LogP contribution in [0.3, 0.4) is 0 Å². The first-order valence-electron chi connectivity index (χ1n) is 10.2. The number of halogens is 7. The average molecular weight is 607 g/mol. The van der Waals surface area contributed by atoms with E-state index in [-0.39, 0.29) is 39.8 Å². The van der Waals surface area contributed by atoms with Crippen molar-refractivity contribution in [2.24, 2.45) is 0 Å². The first kappa shape index (κ1) is 31.4. The number of aromatic nitrogens is 2. The second-order valence-corrected chi connectivity index (χ2v) is 12.0. The lowest BCUT2D eigenvalue weighted by molar-refractivity contribution is -0.137. The fraction of sp³-hybridized carbons (Fsp3) is 0.286. The predicted octanol–water partition coefficient (Wildman–Crippen LogP) is 4.67. The lowest BCUT2D eigenvalue weighted by Crippen LogP contribution is -2.37. The van der Waals surface area contributed by atoms with E-state index < -0.39 is 50.3 Å². The predicted molar refractivity (Wildman–Crippen MR) is 130 cm³/mol. The lowest BCUT2D eigenvalue weighted by atomic mass is 10.1. The number of nitrogens with zero attached hydrogens (tertiary/aromatic N) is 3. The molecule has 0 bridgehead atoms. The molecule has 1 aromatic heterocycles. The number of anilines is 1. The van der Waals surface area contributed by atoms with Crippen LogP contribution in [-0.2, 0) is 32.8 Å². The van der Waals surface area contributed by atoms with Crippen LogP contribution in [0.5, 0.6) is 0 Å². The first-order valence-corrected chi connectivity index (χ1v) is 13.3. The number of sulfonamides is 2. The van der Waals surface area contributed by atoms with E-state index in [1.165, 1.54) is 14.1 Å². The molecule has 0 aliphatic heterocycles. The van der Waals surface area contributed by atoms with Gasteiger partial charge in [-0.25, -0.2) is 21.1 Å². The van der Waals surface area contributed by atoms with Gasteiger partial charge >= 0.3 is 12.4 Å². The van der Waals surface area contributed by atoms with Gasteiger partial charge in [0, 0.05) is 19.7 Å². The van der Waals surface area contributed by atoms with Crippen LogP contribution in [0.4, 0.5) is 32.0 Å². The van der Waals surface area contributed by atoms with Gasteiger partial charge in [-0.05, 0) is 42.0 Å². The van der Waals surface area contributed by atoms with Gasteiger partial charge < -0.3 is 0 Å². The topological polar surface area (TPSA) is 103 Å². The van der Waals surface area contributed by atoms with E-state index in [4.69, 9.17) is 0 Å². The molecule has 0 unspecified atom stereocenters. The largest absolute Gasteiger partial charge is 0.416 e. The smallest absolute Gasteiger partial charge is 0.277 e. The van der Waals surface area contributed by atoms with Gasteiger partial charge in [-0.3, -0.25) is 9.40 Å². The molecule has 0 atom stereocenters. The van der Waals surface area contributed by atoms with E-state index in [9.17, 15) is 43.2 Å². The quantitative estimate of drug-likeness (QED) is 0.376. The number of hydrogen-bond donors (Lipinski definition) is 1. The third kappa shape index (κ3) is 7.18. The van der Waals surface area contributed by atoms with Crippen molar-refractivity contribution < 1.29 is 43.2 Å². The normalized spacial score (nSPS) is 12.9. The molecule has 38 heavy (non-hydrogen) atoms. The van der Waals surface area contributed by atoms with Gasteiger partial charge in [0.2, 0.25) is 20.0 Å². The maximum absolute atomic E-state index is 13.1. The Morgan fingerprint density at radius 1 is 0.868 bits per heavy atom. The Balaban J connectivity index is 0.00000507. The molecule has 0 fully saturated rings. The van der Waals surface area contributed by atoms with Crippen molar-refractivity contribution in [2.75, 3.05) is 24.2 Å². The third-order valence-corrected chi connectivity index (χ3v) is 8.65. The Morgan fingerprint density at radius 2 is 1.42 bits per heavy atom. The first-order chi connectivity index (χ1) is 16.9. The summed E-state index contributed by atoms with van der Waals surface area (Å²) in [4.78, 5) is -0.219. The molecule has 1 heterocycles. The summed E-state index contributed by atoms with van der Waals surface area (Å²) in [6.45, 7) is -0.676. The molecule has 210 valence electrons. The number of aromatic amines is 1. The Labute approximate surface area is 220 Å². The van der Waals surface area contributed by atoms with Crippen LogP contribution in [0.25, 0.3) is 11.3 Å². The molecule has 2 aromatic carbocycles. The van der Waals surface area contributed by atoms with Crippen LogP contribution in [0.1, 0.15) is 11.1 Å². The summed E-state index contributed by atoms with van der Waals surface area (Å²) in [6, 6.07) is 7.98. The molecule has 0 amide bonds. The molecule has 8 nitrogen and oxygen atoms in total. The zero-order valence-corrected chi connectivity index (χ0v) is 22.0. The van der Waals surface area contributed by atoms with Crippen molar-refractivity contribution in [1.29, 1.82) is 0 Å². The van der Waals surface area contributed by atoms with Gasteiger partial charge in [0.05, 0.1) is 34.6 Å². The number of alkyl halides is 6. The van der Waals surface area contributed by atoms with Crippen LogP contribution in [0.15, 0.2) is 59.6 Å². The van der Waals surface area contributed by atoms with Gasteiger partial charge in [-0.1, -0.05) is 12.1 Å². The molecule has 0 spiro atoms. The highest BCUT2D eigenvalue weighted by atomic mass is 35.5. The monoisotopic (exact) mass is 606 g/mol. The van der Waals surface area contributed by atoms with Crippen molar-refractivity contribution in [3.05, 3.63) is 65.9 Å². The van der Waals surface area contributed by atoms with E-state index in [0.29, 0.717) is 4.31 Å². The Kier molecular flexibility index (Phi) is 9.19. The van der Waals surface area contributed by atoms with E-state index in [1.807, 2.05) is 0 Å². The molecule has 1 N–H and O–H groups in total. The summed E-state index contributed by atoms with van der Waals surface area (Å²) in [7, 11) is -6.40. The van der Waals surface area contributed by atoms with Crippen molar-refractivity contribution in [3.8, 4) is 11.3 Å². The van der Waals surface area contributed by atoms with E-state index in [1.54, 1.807) is 0 Å². The lowest BCUT2D eigenvalue weighted by Gasteiger charge is -2.25. The summed E-state index contributed by atoms with van der Waals surface area (Å²) in [5, 5.41) is 6.28. The number of benzene rings is 2. The minimum absolute atomic E-state index is 0. The molecule has 0 saturated heterocycles. The fourth-order valence-corrected chi connectivity index (χ4v) is 5.54. The van der Waals surface area contributed by atoms with Crippen LogP contribution in [-0.4, -0.2) is 57.4 Å². The van der Waals surface area contributed by atoms with Gasteiger partial charge in [0.15, 0.2) is 5.75 Å². The van der Waals surface area contributed by atoms with Crippen molar-refractivity contribution in [1.82, 2.24) is 14.5 Å². The van der Waals surface area contributed by atoms with Crippen molar-refractivity contribution in [2.45, 2.75) is 23.8 Å². The minimum atomic E-state index is -5.09. The highest BCUT2D eigenvalue weighted by molar-refractivity contribution is 7.92. The Morgan fingerprint density at radius 3 is 1.89 bits per heavy atom. The molecular formula is C21H21ClF6N4O4S2. The summed E-state index contributed by atoms with van der Waals surface area (Å²) >= 11 is 0. The van der Waals surface area contributed by atoms with Crippen molar-refractivity contribution >= 4 is 38.1 Å². The Hall–Kier alpha value is -2.82. The number of hydrogen-bond acceptors (Lipinski definition) is 5. The van der Waals surface area contributed by atoms with Gasteiger partial charge in [-0.15, -0.1) is 12.4 Å². The SMILES string of the molecule is CN(C)S(=O)(=O)c1ccc(N(Cc2cn[nH]c2-c2ccc(C(F)(F)F)cc2)S(=O)(=O)CC(F)(F)F)cc1.Cl. The second kappa shape index (κ2) is 11.1. The summed E-state index contributed by atoms with van der Waals surface area (Å²) in [6.07, 6.45) is -8.55. The van der Waals surface area contributed by atoms with Gasteiger partial charge in [-0.2, -0.15) is 31.4 Å². The molecule has 0 radical (unpaired) electrons. The molecule has 0 saturated carbocycles. The van der Waals surface area contributed by atoms with Crippen molar-refractivity contribution in [3.63, 3.8) is 0 Å². The minimum Gasteiger partial charge on any atom is -0.277 e. The third-order valence-electron chi connectivity index (χ3n) is 5.12. The molecule has 0 aliphatic carbocycles. The van der Waals surface area contributed by atoms with Crippen LogP contribution >= 0.6 is 12.4 Å². The zero-order valence-electron chi connectivity index (χ0n) is 19.6. The second-order valence-electron chi connectivity index (χ2n) is 8.00. The molecular weight excluding hydrogens is 586 g/mol. The summed E-state index contributed by atoms with van der Waals surface area (Å²) in [5.41, 5.74) is -0.856. The maximum atomic E-state index is 13.1. The van der Waals surface area contributed by atoms with E-state index in [0.717, 1.165) is 59.0 Å². The molecule has 17 heteroatoms. The van der Waals surface area contributed by atoms with E-state index in [2.05, 4.69) is 10.2 Å². The molecule has 0 aliphatic rings. The number of H-pyrrole nitrogens is 1. The standard InChI is InChI=1S/C21H20F6N4O4S2.ClH/c1-30(2)37(34,35)18-9-7-17(8-10-18)31(36(32,33)13-20(22,23)24)12-15-11-28-29-19(15)14-3-5-16(6-4-14)21(25,26)27;/h3-11H,12-13H2,1-2H3,(H,28,29);1H. The zero-order chi connectivity index (χ0) is 27.8. The summed E-state index contributed by atoms with van der Waals surface area (Å²) in [5.74, 6) is -2.20. The van der Waals surface area contributed by atoms with Crippen LogP contribution < -0.4 is 4.31 Å².